The van der Waals surface area contributed by atoms with Crippen LogP contribution < -0.4 is 5.32 Å². The van der Waals surface area contributed by atoms with Crippen molar-refractivity contribution in [3.8, 4) is 0 Å². The van der Waals surface area contributed by atoms with E-state index in [4.69, 9.17) is 0 Å². The number of hydrogen-bond donors (Lipinski definition) is 1. The summed E-state index contributed by atoms with van der Waals surface area (Å²) in [7, 11) is 2.10. The van der Waals surface area contributed by atoms with Crippen LogP contribution >= 0.6 is 0 Å². The van der Waals surface area contributed by atoms with E-state index >= 15 is 0 Å². The molecule has 1 aliphatic carbocycles. The van der Waals surface area contributed by atoms with Gasteiger partial charge in [0.2, 0.25) is 0 Å². The van der Waals surface area contributed by atoms with Crippen LogP contribution in [0.2, 0.25) is 0 Å². The molecule has 0 bridgehead atoms. The minimum atomic E-state index is 0.720. The summed E-state index contributed by atoms with van der Waals surface area (Å²) in [5.41, 5.74) is 1.47. The van der Waals surface area contributed by atoms with Crippen molar-refractivity contribution < 1.29 is 0 Å². The molecule has 0 radical (unpaired) electrons. The molecule has 1 fully saturated rings. The van der Waals surface area contributed by atoms with Gasteiger partial charge in [-0.2, -0.15) is 0 Å². The van der Waals surface area contributed by atoms with Crippen LogP contribution in [0.4, 0.5) is 0 Å². The molecule has 2 rings (SSSR count). The molecule has 1 N–H and O–H groups in total. The van der Waals surface area contributed by atoms with Crippen LogP contribution in [-0.2, 0) is 6.42 Å². The second-order valence-electron chi connectivity index (χ2n) is 4.69. The molecule has 1 unspecified atom stereocenters. The molecule has 1 nitrogen and oxygen atoms in total. The molecule has 0 amide bonds. The fourth-order valence-corrected chi connectivity index (χ4v) is 2.12. The molecule has 15 heavy (non-hydrogen) atoms. The molecule has 0 saturated heterocycles. The van der Waals surface area contributed by atoms with Crippen molar-refractivity contribution in [2.24, 2.45) is 5.92 Å². The first-order valence-corrected chi connectivity index (χ1v) is 6.09. The predicted molar refractivity (Wildman–Crippen MR) is 65.0 cm³/mol. The first-order valence-electron chi connectivity index (χ1n) is 6.09. The summed E-state index contributed by atoms with van der Waals surface area (Å²) in [6.45, 7) is 0. The summed E-state index contributed by atoms with van der Waals surface area (Å²) in [6, 6.07) is 11.5. The van der Waals surface area contributed by atoms with Crippen molar-refractivity contribution in [1.29, 1.82) is 0 Å². The number of rotatable bonds is 6. The Bertz CT molecular complexity index is 277. The summed E-state index contributed by atoms with van der Waals surface area (Å²) in [6.07, 6.45) is 6.78. The number of aryl methyl sites for hydroxylation is 1. The Morgan fingerprint density at radius 3 is 2.60 bits per heavy atom. The maximum Gasteiger partial charge on any atom is 0.00698 e. The maximum absolute atomic E-state index is 3.44. The van der Waals surface area contributed by atoms with E-state index in [9.17, 15) is 0 Å². The minimum Gasteiger partial charge on any atom is -0.317 e. The molecule has 82 valence electrons. The van der Waals surface area contributed by atoms with Crippen LogP contribution in [0.1, 0.15) is 31.2 Å². The highest BCUT2D eigenvalue weighted by Crippen LogP contribution is 2.34. The van der Waals surface area contributed by atoms with Gasteiger partial charge >= 0.3 is 0 Å². The van der Waals surface area contributed by atoms with Gasteiger partial charge in [0.25, 0.3) is 0 Å². The van der Waals surface area contributed by atoms with E-state index in [0.717, 1.165) is 12.0 Å². The summed E-state index contributed by atoms with van der Waals surface area (Å²) >= 11 is 0. The Balaban J connectivity index is 1.75. The zero-order valence-electron chi connectivity index (χ0n) is 9.58. The third kappa shape index (κ3) is 3.67. The molecule has 1 saturated carbocycles. The third-order valence-corrected chi connectivity index (χ3v) is 3.35. The van der Waals surface area contributed by atoms with Crippen LogP contribution in [-0.4, -0.2) is 13.1 Å². The smallest absolute Gasteiger partial charge is 0.00698 e. The minimum absolute atomic E-state index is 0.720. The highest BCUT2D eigenvalue weighted by atomic mass is 14.9. The molecular weight excluding hydrogens is 182 g/mol. The number of nitrogens with one attached hydrogen (secondary N) is 1. The average Bonchev–Trinajstić information content (AvgIpc) is 3.09. The van der Waals surface area contributed by atoms with Gasteiger partial charge in [0, 0.05) is 6.04 Å². The summed E-state index contributed by atoms with van der Waals surface area (Å²) in [5, 5.41) is 3.44. The lowest BCUT2D eigenvalue weighted by molar-refractivity contribution is 0.464. The van der Waals surface area contributed by atoms with Crippen LogP contribution in [0.3, 0.4) is 0 Å². The zero-order chi connectivity index (χ0) is 10.5. The lowest BCUT2D eigenvalue weighted by Crippen LogP contribution is -2.26. The summed E-state index contributed by atoms with van der Waals surface area (Å²) < 4.78 is 0. The van der Waals surface area contributed by atoms with E-state index in [1.807, 2.05) is 0 Å². The van der Waals surface area contributed by atoms with Gasteiger partial charge in [-0.15, -0.1) is 0 Å². The maximum atomic E-state index is 3.44. The Kier molecular flexibility index (Phi) is 3.79. The van der Waals surface area contributed by atoms with E-state index in [1.54, 1.807) is 0 Å². The molecule has 1 heteroatoms. The Morgan fingerprint density at radius 2 is 2.00 bits per heavy atom. The average molecular weight is 203 g/mol. The number of hydrogen-bond acceptors (Lipinski definition) is 1. The molecule has 0 aromatic heterocycles. The third-order valence-electron chi connectivity index (χ3n) is 3.35. The summed E-state index contributed by atoms with van der Waals surface area (Å²) in [4.78, 5) is 0. The van der Waals surface area contributed by atoms with Crippen LogP contribution in [0.25, 0.3) is 0 Å². The Hall–Kier alpha value is -0.820. The van der Waals surface area contributed by atoms with E-state index in [1.165, 1.54) is 37.7 Å². The van der Waals surface area contributed by atoms with Gasteiger partial charge in [-0.05, 0) is 37.8 Å². The van der Waals surface area contributed by atoms with E-state index in [0.29, 0.717) is 0 Å². The normalized spacial score (nSPS) is 17.7. The molecule has 1 aromatic carbocycles. The Labute approximate surface area is 92.9 Å². The fraction of sp³-hybridized carbons (Fsp3) is 0.571. The van der Waals surface area contributed by atoms with Crippen LogP contribution in [0, 0.1) is 5.92 Å². The standard InChI is InChI=1S/C14H21N/c1-15-14(11-13-7-8-13)10-9-12-5-3-2-4-6-12/h2-6,13-15H,7-11H2,1H3. The second kappa shape index (κ2) is 5.32. The molecule has 1 aliphatic rings. The van der Waals surface area contributed by atoms with Crippen LogP contribution in [0.15, 0.2) is 30.3 Å². The lowest BCUT2D eigenvalue weighted by atomic mass is 10.0. The van der Waals surface area contributed by atoms with Crippen molar-refractivity contribution in [3.63, 3.8) is 0 Å². The van der Waals surface area contributed by atoms with Crippen molar-refractivity contribution in [3.05, 3.63) is 35.9 Å². The molecule has 1 atom stereocenters. The van der Waals surface area contributed by atoms with Crippen molar-refractivity contribution in [2.75, 3.05) is 7.05 Å². The molecular formula is C14H21N. The fourth-order valence-electron chi connectivity index (χ4n) is 2.12. The van der Waals surface area contributed by atoms with Gasteiger partial charge in [-0.1, -0.05) is 43.2 Å². The second-order valence-corrected chi connectivity index (χ2v) is 4.69. The van der Waals surface area contributed by atoms with Gasteiger partial charge in [-0.3, -0.25) is 0 Å². The van der Waals surface area contributed by atoms with Crippen LogP contribution in [0.5, 0.6) is 0 Å². The van der Waals surface area contributed by atoms with Crippen molar-refractivity contribution in [2.45, 2.75) is 38.1 Å². The molecule has 0 heterocycles. The van der Waals surface area contributed by atoms with E-state index in [-0.39, 0.29) is 0 Å². The number of benzene rings is 1. The molecule has 0 aliphatic heterocycles. The Morgan fingerprint density at radius 1 is 1.27 bits per heavy atom. The molecule has 1 aromatic rings. The lowest BCUT2D eigenvalue weighted by Gasteiger charge is -2.15. The topological polar surface area (TPSA) is 12.0 Å². The van der Waals surface area contributed by atoms with Gasteiger partial charge in [0.15, 0.2) is 0 Å². The van der Waals surface area contributed by atoms with E-state index < -0.39 is 0 Å². The highest BCUT2D eigenvalue weighted by molar-refractivity contribution is 5.14. The highest BCUT2D eigenvalue weighted by Gasteiger charge is 2.24. The van der Waals surface area contributed by atoms with E-state index in [2.05, 4.69) is 42.7 Å². The van der Waals surface area contributed by atoms with Gasteiger partial charge in [-0.25, -0.2) is 0 Å². The SMILES string of the molecule is CNC(CCc1ccccc1)CC1CC1. The largest absolute Gasteiger partial charge is 0.317 e. The zero-order valence-corrected chi connectivity index (χ0v) is 9.58. The summed E-state index contributed by atoms with van der Waals surface area (Å²) in [5.74, 6) is 1.03. The first kappa shape index (κ1) is 10.7. The van der Waals surface area contributed by atoms with Crippen molar-refractivity contribution >= 4 is 0 Å². The van der Waals surface area contributed by atoms with Gasteiger partial charge < -0.3 is 5.32 Å². The predicted octanol–water partition coefficient (Wildman–Crippen LogP) is 3.01. The first-order chi connectivity index (χ1) is 7.38. The van der Waals surface area contributed by atoms with Crippen molar-refractivity contribution in [1.82, 2.24) is 5.32 Å². The monoisotopic (exact) mass is 203 g/mol. The van der Waals surface area contributed by atoms with Gasteiger partial charge in [0.05, 0.1) is 0 Å². The quantitative estimate of drug-likeness (QED) is 0.749. The molecule has 0 spiro atoms. The van der Waals surface area contributed by atoms with Gasteiger partial charge in [0.1, 0.15) is 0 Å².